The second-order valence-corrected chi connectivity index (χ2v) is 3.82. The molecular formula is C11H16N2O. The Hall–Kier alpha value is -1.09. The lowest BCUT2D eigenvalue weighted by Gasteiger charge is -2.17. The van der Waals surface area contributed by atoms with Crippen LogP contribution < -0.4 is 4.90 Å². The maximum atomic E-state index is 8.85. The summed E-state index contributed by atoms with van der Waals surface area (Å²) in [5.41, 5.74) is 1.20. The van der Waals surface area contributed by atoms with Crippen molar-refractivity contribution in [2.75, 3.05) is 24.6 Å². The van der Waals surface area contributed by atoms with Crippen LogP contribution >= 0.6 is 0 Å². The van der Waals surface area contributed by atoms with Crippen molar-refractivity contribution in [3.63, 3.8) is 0 Å². The zero-order chi connectivity index (χ0) is 9.80. The Balaban J connectivity index is 1.96. The molecule has 0 spiro atoms. The fraction of sp³-hybridized carbons (Fsp3) is 0.545. The molecule has 0 aliphatic carbocycles. The number of nitrogens with zero attached hydrogens (tertiary/aromatic N) is 2. The third-order valence-electron chi connectivity index (χ3n) is 2.83. The average Bonchev–Trinajstić information content (AvgIpc) is 2.68. The molecule has 2 heterocycles. The Morgan fingerprint density at radius 2 is 2.50 bits per heavy atom. The molecule has 1 saturated heterocycles. The molecule has 1 fully saturated rings. The van der Waals surface area contributed by atoms with Crippen molar-refractivity contribution in [1.82, 2.24) is 4.98 Å². The molecule has 1 atom stereocenters. The summed E-state index contributed by atoms with van der Waals surface area (Å²) in [6, 6.07) is 4.06. The van der Waals surface area contributed by atoms with Crippen LogP contribution in [0, 0.1) is 5.92 Å². The molecule has 1 N–H and O–H groups in total. The zero-order valence-electron chi connectivity index (χ0n) is 8.26. The number of hydrogen-bond acceptors (Lipinski definition) is 3. The monoisotopic (exact) mass is 192 g/mol. The van der Waals surface area contributed by atoms with Gasteiger partial charge in [-0.2, -0.15) is 0 Å². The summed E-state index contributed by atoms with van der Waals surface area (Å²) in [6.45, 7) is 2.47. The number of pyridine rings is 1. The van der Waals surface area contributed by atoms with Gasteiger partial charge >= 0.3 is 0 Å². The van der Waals surface area contributed by atoms with Gasteiger partial charge in [0.05, 0.1) is 11.9 Å². The van der Waals surface area contributed by atoms with Gasteiger partial charge in [-0.15, -0.1) is 0 Å². The molecule has 1 aromatic rings. The smallest absolute Gasteiger partial charge is 0.0552 e. The maximum Gasteiger partial charge on any atom is 0.0552 e. The molecular weight excluding hydrogens is 176 g/mol. The second-order valence-electron chi connectivity index (χ2n) is 3.82. The van der Waals surface area contributed by atoms with E-state index in [4.69, 9.17) is 5.11 Å². The largest absolute Gasteiger partial charge is 0.396 e. The van der Waals surface area contributed by atoms with E-state index >= 15 is 0 Å². The number of hydrogen-bond donors (Lipinski definition) is 1. The van der Waals surface area contributed by atoms with Gasteiger partial charge in [0.1, 0.15) is 0 Å². The van der Waals surface area contributed by atoms with Crippen molar-refractivity contribution in [2.45, 2.75) is 12.8 Å². The molecule has 1 unspecified atom stereocenters. The highest BCUT2D eigenvalue weighted by Crippen LogP contribution is 2.24. The fourth-order valence-electron chi connectivity index (χ4n) is 2.03. The molecule has 0 saturated carbocycles. The third kappa shape index (κ3) is 2.04. The summed E-state index contributed by atoms with van der Waals surface area (Å²) in [5.74, 6) is 0.653. The van der Waals surface area contributed by atoms with E-state index in [1.807, 2.05) is 12.3 Å². The van der Waals surface area contributed by atoms with Gasteiger partial charge in [-0.3, -0.25) is 4.98 Å². The molecule has 0 bridgehead atoms. The number of aromatic nitrogens is 1. The third-order valence-corrected chi connectivity index (χ3v) is 2.83. The van der Waals surface area contributed by atoms with Gasteiger partial charge in [0.2, 0.25) is 0 Å². The van der Waals surface area contributed by atoms with Gasteiger partial charge in [0, 0.05) is 25.9 Å². The minimum Gasteiger partial charge on any atom is -0.396 e. The Kier molecular flexibility index (Phi) is 2.99. The number of anilines is 1. The summed E-state index contributed by atoms with van der Waals surface area (Å²) in [7, 11) is 0. The SMILES string of the molecule is OCCC1CCN(c2cccnc2)C1. The van der Waals surface area contributed by atoms with Crippen molar-refractivity contribution in [3.8, 4) is 0 Å². The molecule has 1 aromatic heterocycles. The summed E-state index contributed by atoms with van der Waals surface area (Å²) in [6.07, 6.45) is 5.82. The van der Waals surface area contributed by atoms with E-state index in [-0.39, 0.29) is 0 Å². The van der Waals surface area contributed by atoms with Crippen molar-refractivity contribution in [1.29, 1.82) is 0 Å². The Labute approximate surface area is 84.4 Å². The summed E-state index contributed by atoms with van der Waals surface area (Å²) < 4.78 is 0. The van der Waals surface area contributed by atoms with Crippen LogP contribution in [0.1, 0.15) is 12.8 Å². The van der Waals surface area contributed by atoms with Gasteiger partial charge in [0.25, 0.3) is 0 Å². The van der Waals surface area contributed by atoms with Crippen LogP contribution in [-0.4, -0.2) is 29.8 Å². The fourth-order valence-corrected chi connectivity index (χ4v) is 2.03. The minimum absolute atomic E-state index is 0.311. The van der Waals surface area contributed by atoms with Crippen molar-refractivity contribution in [2.24, 2.45) is 5.92 Å². The van der Waals surface area contributed by atoms with Crippen molar-refractivity contribution >= 4 is 5.69 Å². The lowest BCUT2D eigenvalue weighted by molar-refractivity contribution is 0.263. The van der Waals surface area contributed by atoms with Gasteiger partial charge in [-0.25, -0.2) is 0 Å². The molecule has 1 aliphatic rings. The first kappa shape index (κ1) is 9.46. The highest BCUT2D eigenvalue weighted by atomic mass is 16.3. The van der Waals surface area contributed by atoms with Crippen LogP contribution in [0.4, 0.5) is 5.69 Å². The molecule has 0 radical (unpaired) electrons. The predicted molar refractivity (Wildman–Crippen MR) is 56.3 cm³/mol. The predicted octanol–water partition coefficient (Wildman–Crippen LogP) is 1.29. The number of rotatable bonds is 3. The summed E-state index contributed by atoms with van der Waals surface area (Å²) in [4.78, 5) is 6.45. The van der Waals surface area contributed by atoms with Crippen molar-refractivity contribution < 1.29 is 5.11 Å². The second kappa shape index (κ2) is 4.42. The van der Waals surface area contributed by atoms with Crippen LogP contribution in [-0.2, 0) is 0 Å². The quantitative estimate of drug-likeness (QED) is 0.784. The van der Waals surface area contributed by atoms with Gasteiger partial charge < -0.3 is 10.0 Å². The van der Waals surface area contributed by atoms with Crippen LogP contribution in [0.3, 0.4) is 0 Å². The van der Waals surface area contributed by atoms with Gasteiger partial charge in [-0.1, -0.05) is 0 Å². The van der Waals surface area contributed by atoms with E-state index in [0.29, 0.717) is 12.5 Å². The first-order valence-electron chi connectivity index (χ1n) is 5.16. The lowest BCUT2D eigenvalue weighted by Crippen LogP contribution is -2.19. The topological polar surface area (TPSA) is 36.4 Å². The van der Waals surface area contributed by atoms with E-state index in [0.717, 1.165) is 19.5 Å². The lowest BCUT2D eigenvalue weighted by atomic mass is 10.1. The van der Waals surface area contributed by atoms with Gasteiger partial charge in [-0.05, 0) is 30.9 Å². The van der Waals surface area contributed by atoms with Crippen LogP contribution in [0.15, 0.2) is 24.5 Å². The first-order chi connectivity index (χ1) is 6.90. The summed E-state index contributed by atoms with van der Waals surface area (Å²) in [5, 5.41) is 8.85. The van der Waals surface area contributed by atoms with E-state index in [9.17, 15) is 0 Å². The molecule has 3 nitrogen and oxygen atoms in total. The number of aliphatic hydroxyl groups excluding tert-OH is 1. The highest BCUT2D eigenvalue weighted by molar-refractivity contribution is 5.44. The van der Waals surface area contributed by atoms with Crippen LogP contribution in [0.5, 0.6) is 0 Å². The summed E-state index contributed by atoms with van der Waals surface area (Å²) >= 11 is 0. The standard InChI is InChI=1S/C11H16N2O/c14-7-4-10-3-6-13(9-10)11-2-1-5-12-8-11/h1-2,5,8,10,14H,3-4,6-7,9H2. The zero-order valence-corrected chi connectivity index (χ0v) is 8.26. The average molecular weight is 192 g/mol. The molecule has 14 heavy (non-hydrogen) atoms. The minimum atomic E-state index is 0.311. The molecule has 76 valence electrons. The Morgan fingerprint density at radius 1 is 1.57 bits per heavy atom. The first-order valence-corrected chi connectivity index (χ1v) is 5.16. The van der Waals surface area contributed by atoms with E-state index in [1.54, 1.807) is 6.20 Å². The van der Waals surface area contributed by atoms with E-state index in [1.165, 1.54) is 12.1 Å². The molecule has 0 aromatic carbocycles. The van der Waals surface area contributed by atoms with Crippen LogP contribution in [0.2, 0.25) is 0 Å². The van der Waals surface area contributed by atoms with Crippen LogP contribution in [0.25, 0.3) is 0 Å². The Bertz CT molecular complexity index is 276. The normalized spacial score (nSPS) is 21.5. The van der Waals surface area contributed by atoms with Gasteiger partial charge in [0.15, 0.2) is 0 Å². The molecule has 1 aliphatic heterocycles. The molecule has 0 amide bonds. The molecule has 2 rings (SSSR count). The highest BCUT2D eigenvalue weighted by Gasteiger charge is 2.21. The Morgan fingerprint density at radius 3 is 3.21 bits per heavy atom. The maximum absolute atomic E-state index is 8.85. The van der Waals surface area contributed by atoms with Crippen molar-refractivity contribution in [3.05, 3.63) is 24.5 Å². The number of aliphatic hydroxyl groups is 1. The molecule has 3 heteroatoms. The van der Waals surface area contributed by atoms with E-state index < -0.39 is 0 Å². The van der Waals surface area contributed by atoms with E-state index in [2.05, 4.69) is 16.0 Å².